The van der Waals surface area contributed by atoms with E-state index in [1.165, 1.54) is 15.1 Å². The fourth-order valence-corrected chi connectivity index (χ4v) is 10.6. The SMILES string of the molecule is C[C@@H](CO[Si](c1ccccc1)(c1ccccc1)C(C)(C)C)n1nc2c(-c3cnn(C)c3)nc(-c3ccc(Cl)cc3)cn2c1=O. The van der Waals surface area contributed by atoms with Gasteiger partial charge in [0.25, 0.3) is 8.32 Å². The van der Waals surface area contributed by atoms with Gasteiger partial charge >= 0.3 is 5.69 Å². The van der Waals surface area contributed by atoms with Crippen molar-refractivity contribution < 1.29 is 4.43 Å². The number of nitrogens with zero attached hydrogens (tertiary/aromatic N) is 6. The zero-order valence-corrected chi connectivity index (χ0v) is 27.2. The highest BCUT2D eigenvalue weighted by molar-refractivity contribution is 6.99. The van der Waals surface area contributed by atoms with Crippen LogP contribution in [0.25, 0.3) is 28.2 Å². The highest BCUT2D eigenvalue weighted by Gasteiger charge is 2.50. The first-order valence-electron chi connectivity index (χ1n) is 14.6. The first-order chi connectivity index (χ1) is 21.1. The van der Waals surface area contributed by atoms with Gasteiger partial charge in [-0.3, -0.25) is 4.68 Å². The summed E-state index contributed by atoms with van der Waals surface area (Å²) in [7, 11) is -0.958. The molecule has 0 fully saturated rings. The number of rotatable bonds is 8. The van der Waals surface area contributed by atoms with Crippen LogP contribution in [0.5, 0.6) is 0 Å². The molecule has 0 N–H and O–H groups in total. The van der Waals surface area contributed by atoms with E-state index in [1.54, 1.807) is 21.5 Å². The minimum atomic E-state index is -2.80. The number of benzene rings is 3. The summed E-state index contributed by atoms with van der Waals surface area (Å²) < 4.78 is 11.9. The molecule has 0 saturated heterocycles. The van der Waals surface area contributed by atoms with Crippen LogP contribution < -0.4 is 16.1 Å². The van der Waals surface area contributed by atoms with Crippen LogP contribution in [0.2, 0.25) is 10.1 Å². The predicted molar refractivity (Wildman–Crippen MR) is 178 cm³/mol. The number of hydrogen-bond donors (Lipinski definition) is 0. The van der Waals surface area contributed by atoms with Gasteiger partial charge in [-0.2, -0.15) is 5.10 Å². The zero-order valence-electron chi connectivity index (χ0n) is 25.5. The Balaban J connectivity index is 1.44. The lowest BCUT2D eigenvalue weighted by Gasteiger charge is -2.43. The Labute approximate surface area is 262 Å². The molecule has 0 aliphatic rings. The first-order valence-corrected chi connectivity index (χ1v) is 16.9. The molecule has 0 aliphatic carbocycles. The quantitative estimate of drug-likeness (QED) is 0.202. The van der Waals surface area contributed by atoms with E-state index in [4.69, 9.17) is 26.1 Å². The predicted octanol–water partition coefficient (Wildman–Crippen LogP) is 5.75. The molecule has 0 amide bonds. The van der Waals surface area contributed by atoms with Gasteiger partial charge in [0.2, 0.25) is 0 Å². The molecule has 10 heteroatoms. The van der Waals surface area contributed by atoms with Crippen LogP contribution in [0.4, 0.5) is 0 Å². The van der Waals surface area contributed by atoms with E-state index in [1.807, 2.05) is 56.6 Å². The lowest BCUT2D eigenvalue weighted by Crippen LogP contribution is -2.66. The molecule has 0 spiro atoms. The minimum absolute atomic E-state index is 0.190. The topological polar surface area (TPSA) is 79.2 Å². The highest BCUT2D eigenvalue weighted by Crippen LogP contribution is 2.37. The monoisotopic (exact) mass is 622 g/mol. The highest BCUT2D eigenvalue weighted by atomic mass is 35.5. The van der Waals surface area contributed by atoms with Crippen LogP contribution in [-0.2, 0) is 11.5 Å². The summed E-state index contributed by atoms with van der Waals surface area (Å²) in [5.74, 6) is 0. The second-order valence-corrected chi connectivity index (χ2v) is 16.9. The van der Waals surface area contributed by atoms with Gasteiger partial charge in [-0.15, -0.1) is 5.10 Å². The van der Waals surface area contributed by atoms with Crippen molar-refractivity contribution in [1.29, 1.82) is 0 Å². The number of aromatic nitrogens is 6. The van der Waals surface area contributed by atoms with Gasteiger partial charge in [-0.05, 0) is 34.5 Å². The van der Waals surface area contributed by atoms with Crippen LogP contribution >= 0.6 is 11.6 Å². The van der Waals surface area contributed by atoms with Gasteiger partial charge in [-0.25, -0.2) is 18.9 Å². The maximum atomic E-state index is 14.0. The number of fused-ring (bicyclic) bond motifs is 1. The normalized spacial score (nSPS) is 13.0. The molecule has 0 saturated carbocycles. The molecule has 0 aliphatic heterocycles. The van der Waals surface area contributed by atoms with E-state index < -0.39 is 8.32 Å². The third kappa shape index (κ3) is 5.32. The summed E-state index contributed by atoms with van der Waals surface area (Å²) in [6.07, 6.45) is 5.33. The second kappa shape index (κ2) is 11.6. The van der Waals surface area contributed by atoms with Crippen molar-refractivity contribution in [3.63, 3.8) is 0 Å². The Hall–Kier alpha value is -4.31. The fourth-order valence-electron chi connectivity index (χ4n) is 5.86. The summed E-state index contributed by atoms with van der Waals surface area (Å²) in [6.45, 7) is 9.00. The number of halogens is 1. The van der Waals surface area contributed by atoms with Crippen LogP contribution in [0.1, 0.15) is 33.7 Å². The maximum Gasteiger partial charge on any atom is 0.350 e. The van der Waals surface area contributed by atoms with E-state index in [2.05, 4.69) is 74.4 Å². The maximum absolute atomic E-state index is 14.0. The average molecular weight is 623 g/mol. The Morgan fingerprint density at radius 1 is 0.886 bits per heavy atom. The van der Waals surface area contributed by atoms with Gasteiger partial charge < -0.3 is 4.43 Å². The third-order valence-corrected chi connectivity index (χ3v) is 13.3. The summed E-state index contributed by atoms with van der Waals surface area (Å²) in [5.41, 5.74) is 3.00. The molecular formula is C34H35ClN6O2Si. The standard InChI is InChI=1S/C34H35ClN6O2Si/c1-24(23-43-44(34(2,3)4,28-12-8-6-9-13-28)29-14-10-7-11-15-29)41-33(42)40-22-30(25-16-18-27(35)19-17-25)37-31(32(40)38-41)26-20-36-39(5)21-26/h6-22,24H,23H2,1-5H3/t24-/m0/s1. The minimum Gasteiger partial charge on any atom is -0.405 e. The molecule has 0 radical (unpaired) electrons. The summed E-state index contributed by atoms with van der Waals surface area (Å²) in [6, 6.07) is 28.0. The molecule has 6 rings (SSSR count). The molecule has 44 heavy (non-hydrogen) atoms. The number of aryl methyl sites for hydroxylation is 1. The Kier molecular flexibility index (Phi) is 7.87. The van der Waals surface area contributed by atoms with Crippen molar-refractivity contribution in [2.75, 3.05) is 6.61 Å². The zero-order chi connectivity index (χ0) is 31.1. The van der Waals surface area contributed by atoms with Gasteiger partial charge in [-0.1, -0.05) is 105 Å². The molecule has 0 bridgehead atoms. The molecule has 224 valence electrons. The molecule has 3 aromatic heterocycles. The van der Waals surface area contributed by atoms with Gasteiger partial charge in [0.05, 0.1) is 24.5 Å². The first kappa shape index (κ1) is 29.7. The van der Waals surface area contributed by atoms with Crippen LogP contribution in [0, 0.1) is 0 Å². The van der Waals surface area contributed by atoms with E-state index in [-0.39, 0.29) is 16.8 Å². The van der Waals surface area contributed by atoms with Gasteiger partial charge in [0.1, 0.15) is 5.69 Å². The Bertz CT molecular complexity index is 1920. The smallest absolute Gasteiger partial charge is 0.350 e. The molecule has 3 heterocycles. The van der Waals surface area contributed by atoms with Gasteiger partial charge in [0.15, 0.2) is 5.65 Å². The van der Waals surface area contributed by atoms with Crippen LogP contribution in [-0.4, -0.2) is 43.9 Å². The Morgan fingerprint density at radius 2 is 1.50 bits per heavy atom. The molecule has 8 nitrogen and oxygen atoms in total. The number of hydrogen-bond acceptors (Lipinski definition) is 5. The van der Waals surface area contributed by atoms with E-state index in [0.29, 0.717) is 28.7 Å². The van der Waals surface area contributed by atoms with E-state index in [9.17, 15) is 4.79 Å². The molecular weight excluding hydrogens is 588 g/mol. The van der Waals surface area contributed by atoms with Crippen molar-refractivity contribution in [2.24, 2.45) is 7.05 Å². The van der Waals surface area contributed by atoms with Crippen molar-refractivity contribution in [3.8, 4) is 22.5 Å². The van der Waals surface area contributed by atoms with Crippen molar-refractivity contribution >= 4 is 35.9 Å². The van der Waals surface area contributed by atoms with Crippen molar-refractivity contribution in [3.05, 3.63) is 119 Å². The van der Waals surface area contributed by atoms with E-state index in [0.717, 1.165) is 11.1 Å². The van der Waals surface area contributed by atoms with Crippen molar-refractivity contribution in [1.82, 2.24) is 28.9 Å². The molecule has 0 unspecified atom stereocenters. The Morgan fingerprint density at radius 3 is 2.05 bits per heavy atom. The van der Waals surface area contributed by atoms with Gasteiger partial charge in [0, 0.05) is 35.6 Å². The molecule has 1 atom stereocenters. The van der Waals surface area contributed by atoms with Crippen LogP contribution in [0.15, 0.2) is 108 Å². The average Bonchev–Trinajstić information content (AvgIpc) is 3.60. The largest absolute Gasteiger partial charge is 0.405 e. The lowest BCUT2D eigenvalue weighted by molar-refractivity contribution is 0.234. The summed E-state index contributed by atoms with van der Waals surface area (Å²) >= 11 is 6.15. The fraction of sp³-hybridized carbons (Fsp3) is 0.235. The summed E-state index contributed by atoms with van der Waals surface area (Å²) in [4.78, 5) is 18.9. The molecule has 6 aromatic rings. The summed E-state index contributed by atoms with van der Waals surface area (Å²) in [5, 5.41) is 12.0. The molecule has 3 aromatic carbocycles. The van der Waals surface area contributed by atoms with E-state index >= 15 is 0 Å². The second-order valence-electron chi connectivity index (χ2n) is 12.1. The third-order valence-electron chi connectivity index (χ3n) is 8.02. The lowest BCUT2D eigenvalue weighted by atomic mass is 10.1. The van der Waals surface area contributed by atoms with Crippen LogP contribution in [0.3, 0.4) is 0 Å². The van der Waals surface area contributed by atoms with Crippen molar-refractivity contribution in [2.45, 2.75) is 38.8 Å².